The van der Waals surface area contributed by atoms with Crippen LogP contribution < -0.4 is 5.32 Å². The van der Waals surface area contributed by atoms with Gasteiger partial charge in [-0.2, -0.15) is 0 Å². The third-order valence-electron chi connectivity index (χ3n) is 2.65. The molecule has 0 heterocycles. The van der Waals surface area contributed by atoms with Crippen LogP contribution in [0.3, 0.4) is 0 Å². The average Bonchev–Trinajstić information content (AvgIpc) is 2.13. The van der Waals surface area contributed by atoms with Crippen LogP contribution in [0.1, 0.15) is 59.8 Å². The molecule has 15 heavy (non-hydrogen) atoms. The van der Waals surface area contributed by atoms with Crippen molar-refractivity contribution < 1.29 is 4.79 Å². The van der Waals surface area contributed by atoms with Gasteiger partial charge in [-0.15, -0.1) is 0 Å². The van der Waals surface area contributed by atoms with Gasteiger partial charge < -0.3 is 10.1 Å². The van der Waals surface area contributed by atoms with Gasteiger partial charge in [-0.05, 0) is 38.6 Å². The maximum absolute atomic E-state index is 10.8. The van der Waals surface area contributed by atoms with Crippen molar-refractivity contribution in [3.63, 3.8) is 0 Å². The first-order chi connectivity index (χ1) is 7.06. The molecule has 1 atom stereocenters. The number of Topliss-reactive ketones (excluding diaryl/α,β-unsaturated/α-hetero) is 1. The second-order valence-electron chi connectivity index (χ2n) is 4.81. The van der Waals surface area contributed by atoms with E-state index >= 15 is 0 Å². The fourth-order valence-electron chi connectivity index (χ4n) is 1.80. The van der Waals surface area contributed by atoms with E-state index in [4.69, 9.17) is 0 Å². The van der Waals surface area contributed by atoms with Crippen molar-refractivity contribution in [2.45, 2.75) is 65.8 Å². The first kappa shape index (κ1) is 14.6. The highest BCUT2D eigenvalue weighted by Crippen LogP contribution is 2.14. The van der Waals surface area contributed by atoms with Gasteiger partial charge in [-0.3, -0.25) is 0 Å². The molecule has 0 aliphatic carbocycles. The van der Waals surface area contributed by atoms with Gasteiger partial charge in [0.25, 0.3) is 0 Å². The molecule has 0 aromatic heterocycles. The predicted octanol–water partition coefficient (Wildman–Crippen LogP) is 3.16. The molecule has 0 rings (SSSR count). The molecular weight excluding hydrogens is 186 g/mol. The van der Waals surface area contributed by atoms with Crippen LogP contribution >= 0.6 is 0 Å². The summed E-state index contributed by atoms with van der Waals surface area (Å²) < 4.78 is 0. The van der Waals surface area contributed by atoms with Crippen molar-refractivity contribution in [3.05, 3.63) is 0 Å². The molecule has 0 saturated carbocycles. The van der Waals surface area contributed by atoms with E-state index < -0.39 is 0 Å². The molecule has 0 radical (unpaired) electrons. The zero-order chi connectivity index (χ0) is 11.7. The number of ketones is 1. The van der Waals surface area contributed by atoms with Crippen LogP contribution in [0.4, 0.5) is 0 Å². The summed E-state index contributed by atoms with van der Waals surface area (Å²) in [6.45, 7) is 9.37. The molecular formula is C13H27NO. The highest BCUT2D eigenvalue weighted by Gasteiger charge is 2.08. The van der Waals surface area contributed by atoms with Crippen LogP contribution in [0.5, 0.6) is 0 Å². The van der Waals surface area contributed by atoms with Gasteiger partial charge in [0.2, 0.25) is 0 Å². The lowest BCUT2D eigenvalue weighted by atomic mass is 9.96. The van der Waals surface area contributed by atoms with E-state index in [-0.39, 0.29) is 0 Å². The average molecular weight is 213 g/mol. The van der Waals surface area contributed by atoms with E-state index in [9.17, 15) is 4.79 Å². The molecule has 0 amide bonds. The zero-order valence-electron chi connectivity index (χ0n) is 10.8. The summed E-state index contributed by atoms with van der Waals surface area (Å²) in [7, 11) is 0. The fraction of sp³-hybridized carbons (Fsp3) is 0.923. The van der Waals surface area contributed by atoms with Crippen molar-refractivity contribution in [2.24, 2.45) is 5.92 Å². The summed E-state index contributed by atoms with van der Waals surface area (Å²) >= 11 is 0. The van der Waals surface area contributed by atoms with Gasteiger partial charge in [0.1, 0.15) is 5.78 Å². The van der Waals surface area contributed by atoms with Crippen molar-refractivity contribution in [2.75, 3.05) is 6.54 Å². The lowest BCUT2D eigenvalue weighted by molar-refractivity contribution is -0.117. The fourth-order valence-corrected chi connectivity index (χ4v) is 1.80. The highest BCUT2D eigenvalue weighted by atomic mass is 16.1. The summed E-state index contributed by atoms with van der Waals surface area (Å²) in [6, 6.07) is 0.567. The van der Waals surface area contributed by atoms with E-state index in [0.29, 0.717) is 11.8 Å². The number of hydrogen-bond acceptors (Lipinski definition) is 2. The third-order valence-corrected chi connectivity index (χ3v) is 2.65. The topological polar surface area (TPSA) is 29.1 Å². The van der Waals surface area contributed by atoms with Crippen molar-refractivity contribution >= 4 is 5.78 Å². The Morgan fingerprint density at radius 2 is 1.93 bits per heavy atom. The zero-order valence-corrected chi connectivity index (χ0v) is 10.8. The minimum atomic E-state index is 0.321. The molecule has 0 spiro atoms. The Morgan fingerprint density at radius 1 is 1.27 bits per heavy atom. The normalized spacial score (nSPS) is 13.1. The SMILES string of the molecule is CCCC(CCCC(C)=O)CNC(C)C. The Hall–Kier alpha value is -0.370. The first-order valence-corrected chi connectivity index (χ1v) is 6.29. The van der Waals surface area contributed by atoms with Crippen molar-refractivity contribution in [3.8, 4) is 0 Å². The Kier molecular flexibility index (Phi) is 8.68. The molecule has 2 heteroatoms. The van der Waals surface area contributed by atoms with Gasteiger partial charge in [-0.1, -0.05) is 27.2 Å². The molecule has 0 aliphatic rings. The lowest BCUT2D eigenvalue weighted by Gasteiger charge is -2.18. The maximum atomic E-state index is 10.8. The van der Waals surface area contributed by atoms with Gasteiger partial charge in [-0.25, -0.2) is 0 Å². The van der Waals surface area contributed by atoms with Crippen LogP contribution in [0.2, 0.25) is 0 Å². The lowest BCUT2D eigenvalue weighted by Crippen LogP contribution is -2.29. The Morgan fingerprint density at radius 3 is 2.40 bits per heavy atom. The summed E-state index contributed by atoms with van der Waals surface area (Å²) in [6.07, 6.45) is 5.51. The van der Waals surface area contributed by atoms with Crippen molar-refractivity contribution in [1.82, 2.24) is 5.32 Å². The Labute approximate surface area is 94.8 Å². The number of rotatable bonds is 9. The van der Waals surface area contributed by atoms with E-state index in [1.54, 1.807) is 6.92 Å². The van der Waals surface area contributed by atoms with Gasteiger partial charge >= 0.3 is 0 Å². The van der Waals surface area contributed by atoms with E-state index in [1.165, 1.54) is 19.3 Å². The van der Waals surface area contributed by atoms with Gasteiger partial charge in [0, 0.05) is 12.5 Å². The molecule has 1 unspecified atom stereocenters. The number of carbonyl (C=O) groups excluding carboxylic acids is 1. The first-order valence-electron chi connectivity index (χ1n) is 6.29. The summed E-state index contributed by atoms with van der Waals surface area (Å²) in [4.78, 5) is 10.8. The predicted molar refractivity (Wildman–Crippen MR) is 66.1 cm³/mol. The van der Waals surface area contributed by atoms with E-state index in [1.807, 2.05) is 0 Å². The second kappa shape index (κ2) is 8.90. The van der Waals surface area contributed by atoms with E-state index in [0.717, 1.165) is 25.3 Å². The van der Waals surface area contributed by atoms with Crippen LogP contribution in [0, 0.1) is 5.92 Å². The third kappa shape index (κ3) is 9.92. The summed E-state index contributed by atoms with van der Waals surface area (Å²) in [5, 5.41) is 3.48. The molecule has 2 nitrogen and oxygen atoms in total. The number of hydrogen-bond donors (Lipinski definition) is 1. The van der Waals surface area contributed by atoms with Crippen LogP contribution in [-0.4, -0.2) is 18.4 Å². The molecule has 0 aromatic carbocycles. The summed E-state index contributed by atoms with van der Waals surface area (Å²) in [5.41, 5.74) is 0. The molecule has 0 aromatic rings. The summed E-state index contributed by atoms with van der Waals surface area (Å²) in [5.74, 6) is 1.07. The minimum absolute atomic E-state index is 0.321. The van der Waals surface area contributed by atoms with Gasteiger partial charge in [0.15, 0.2) is 0 Å². The highest BCUT2D eigenvalue weighted by molar-refractivity contribution is 5.75. The molecule has 0 bridgehead atoms. The van der Waals surface area contributed by atoms with Crippen molar-refractivity contribution in [1.29, 1.82) is 0 Å². The second-order valence-corrected chi connectivity index (χ2v) is 4.81. The van der Waals surface area contributed by atoms with Crippen LogP contribution in [0.15, 0.2) is 0 Å². The standard InChI is InChI=1S/C13H27NO/c1-5-7-13(10-14-11(2)3)9-6-8-12(4)15/h11,13-14H,5-10H2,1-4H3. The number of carbonyl (C=O) groups is 1. The smallest absolute Gasteiger partial charge is 0.129 e. The molecule has 0 fully saturated rings. The largest absolute Gasteiger partial charge is 0.314 e. The Balaban J connectivity index is 3.67. The van der Waals surface area contributed by atoms with Crippen LogP contribution in [0.25, 0.3) is 0 Å². The maximum Gasteiger partial charge on any atom is 0.129 e. The quantitative estimate of drug-likeness (QED) is 0.637. The molecule has 0 aliphatic heterocycles. The Bertz CT molecular complexity index is 166. The molecule has 1 N–H and O–H groups in total. The van der Waals surface area contributed by atoms with Crippen LogP contribution in [-0.2, 0) is 4.79 Å². The van der Waals surface area contributed by atoms with E-state index in [2.05, 4.69) is 26.1 Å². The number of nitrogens with one attached hydrogen (secondary N) is 1. The molecule has 0 saturated heterocycles. The monoisotopic (exact) mass is 213 g/mol. The van der Waals surface area contributed by atoms with Gasteiger partial charge in [0.05, 0.1) is 0 Å². The molecule has 90 valence electrons. The minimum Gasteiger partial charge on any atom is -0.314 e.